The highest BCUT2D eigenvalue weighted by atomic mass is 32.2. The Morgan fingerprint density at radius 3 is 2.50 bits per heavy atom. The Morgan fingerprint density at radius 2 is 2.06 bits per heavy atom. The maximum absolute atomic E-state index is 11.6. The summed E-state index contributed by atoms with van der Waals surface area (Å²) in [6, 6.07) is -1.17. The van der Waals surface area contributed by atoms with Crippen molar-refractivity contribution in [3.8, 4) is 0 Å². The van der Waals surface area contributed by atoms with Gasteiger partial charge in [-0.05, 0) is 32.4 Å². The van der Waals surface area contributed by atoms with E-state index in [1.54, 1.807) is 11.8 Å². The molecule has 104 valence electrons. The SMILES string of the molecule is CSC(C)(C)CNC(=O)N[C@@H](CC1CC1)C(=O)O. The normalized spacial score (nSPS) is 17.1. The minimum absolute atomic E-state index is 0.0491. The van der Waals surface area contributed by atoms with Crippen LogP contribution in [0.1, 0.15) is 33.1 Å². The Hall–Kier alpha value is -0.910. The van der Waals surface area contributed by atoms with E-state index in [1.165, 1.54) is 0 Å². The maximum atomic E-state index is 11.6. The second kappa shape index (κ2) is 6.31. The monoisotopic (exact) mass is 274 g/mol. The van der Waals surface area contributed by atoms with E-state index >= 15 is 0 Å². The van der Waals surface area contributed by atoms with Crippen LogP contribution in [-0.2, 0) is 4.79 Å². The number of carboxylic acid groups (broad SMARTS) is 1. The van der Waals surface area contributed by atoms with Crippen LogP contribution in [0.4, 0.5) is 4.79 Å². The maximum Gasteiger partial charge on any atom is 0.326 e. The summed E-state index contributed by atoms with van der Waals surface area (Å²) in [6.07, 6.45) is 4.67. The van der Waals surface area contributed by atoms with Gasteiger partial charge in [-0.1, -0.05) is 12.8 Å². The molecule has 0 aromatic carbocycles. The molecule has 1 fully saturated rings. The van der Waals surface area contributed by atoms with Crippen molar-refractivity contribution in [2.45, 2.75) is 43.9 Å². The summed E-state index contributed by atoms with van der Waals surface area (Å²) in [5.74, 6) is -0.491. The Morgan fingerprint density at radius 1 is 1.44 bits per heavy atom. The first-order chi connectivity index (χ1) is 8.34. The number of carbonyl (C=O) groups excluding carboxylic acids is 1. The number of hydrogen-bond donors (Lipinski definition) is 3. The van der Waals surface area contributed by atoms with E-state index in [-0.39, 0.29) is 4.75 Å². The first-order valence-corrected chi connectivity index (χ1v) is 7.39. The van der Waals surface area contributed by atoms with Crippen molar-refractivity contribution in [3.63, 3.8) is 0 Å². The summed E-state index contributed by atoms with van der Waals surface area (Å²) in [5.41, 5.74) is 0. The summed E-state index contributed by atoms with van der Waals surface area (Å²) in [6.45, 7) is 4.56. The van der Waals surface area contributed by atoms with E-state index in [4.69, 9.17) is 5.11 Å². The number of nitrogens with one attached hydrogen (secondary N) is 2. The van der Waals surface area contributed by atoms with Crippen LogP contribution in [0.3, 0.4) is 0 Å². The second-order valence-electron chi connectivity index (χ2n) is 5.36. The van der Waals surface area contributed by atoms with Gasteiger partial charge in [0.2, 0.25) is 0 Å². The van der Waals surface area contributed by atoms with Crippen molar-refractivity contribution in [2.75, 3.05) is 12.8 Å². The number of carbonyl (C=O) groups is 2. The van der Waals surface area contributed by atoms with Gasteiger partial charge in [0.25, 0.3) is 0 Å². The molecule has 0 aromatic rings. The molecule has 1 aliphatic carbocycles. The average Bonchev–Trinajstić information content (AvgIpc) is 3.09. The fourth-order valence-electron chi connectivity index (χ4n) is 1.48. The van der Waals surface area contributed by atoms with Gasteiger partial charge in [0, 0.05) is 11.3 Å². The molecule has 0 aliphatic heterocycles. The molecule has 1 atom stereocenters. The Bertz CT molecular complexity index is 316. The van der Waals surface area contributed by atoms with Crippen LogP contribution in [0, 0.1) is 5.92 Å². The molecule has 0 unspecified atom stereocenters. The zero-order valence-electron chi connectivity index (χ0n) is 11.2. The molecule has 3 N–H and O–H groups in total. The Kier molecular flexibility index (Phi) is 5.31. The van der Waals surface area contributed by atoms with E-state index in [1.807, 2.05) is 20.1 Å². The lowest BCUT2D eigenvalue weighted by Crippen LogP contribution is -2.48. The molecule has 2 amide bonds. The Balaban J connectivity index is 2.34. The zero-order chi connectivity index (χ0) is 13.8. The van der Waals surface area contributed by atoms with E-state index in [9.17, 15) is 9.59 Å². The number of hydrogen-bond acceptors (Lipinski definition) is 3. The lowest BCUT2D eigenvalue weighted by Gasteiger charge is -2.23. The highest BCUT2D eigenvalue weighted by Crippen LogP contribution is 2.33. The largest absolute Gasteiger partial charge is 0.480 e. The molecule has 0 aromatic heterocycles. The summed E-state index contributed by atoms with van der Waals surface area (Å²) in [7, 11) is 0. The standard InChI is InChI=1S/C12H22N2O3S/c1-12(2,18-3)7-13-11(17)14-9(10(15)16)6-8-4-5-8/h8-9H,4-7H2,1-3H3,(H,15,16)(H2,13,14,17)/t9-/m0/s1. The summed E-state index contributed by atoms with van der Waals surface area (Å²) >= 11 is 1.66. The van der Waals surface area contributed by atoms with Crippen LogP contribution in [0.5, 0.6) is 0 Å². The van der Waals surface area contributed by atoms with Crippen LogP contribution in [0.15, 0.2) is 0 Å². The topological polar surface area (TPSA) is 78.4 Å². The molecule has 18 heavy (non-hydrogen) atoms. The summed E-state index contributed by atoms with van der Waals surface area (Å²) in [5, 5.41) is 14.3. The van der Waals surface area contributed by atoms with Gasteiger partial charge < -0.3 is 15.7 Å². The number of carboxylic acids is 1. The highest BCUT2D eigenvalue weighted by molar-refractivity contribution is 7.99. The molecule has 5 nitrogen and oxygen atoms in total. The van der Waals surface area contributed by atoms with Crippen LogP contribution in [-0.4, -0.2) is 40.7 Å². The lowest BCUT2D eigenvalue weighted by atomic mass is 10.1. The second-order valence-corrected chi connectivity index (χ2v) is 6.87. The smallest absolute Gasteiger partial charge is 0.326 e. The van der Waals surface area contributed by atoms with Crippen molar-refractivity contribution in [1.29, 1.82) is 0 Å². The predicted octanol–water partition coefficient (Wildman–Crippen LogP) is 1.68. The van der Waals surface area contributed by atoms with Crippen molar-refractivity contribution >= 4 is 23.8 Å². The molecule has 6 heteroatoms. The fraction of sp³-hybridized carbons (Fsp3) is 0.833. The lowest BCUT2D eigenvalue weighted by molar-refractivity contribution is -0.139. The van der Waals surface area contributed by atoms with Crippen molar-refractivity contribution in [1.82, 2.24) is 10.6 Å². The average molecular weight is 274 g/mol. The molecule has 1 saturated carbocycles. The Labute approximate surface area is 112 Å². The third-order valence-corrected chi connectivity index (χ3v) is 4.35. The quantitative estimate of drug-likeness (QED) is 0.660. The molecule has 0 heterocycles. The van der Waals surface area contributed by atoms with E-state index in [0.717, 1.165) is 12.8 Å². The third kappa shape index (κ3) is 5.62. The van der Waals surface area contributed by atoms with Gasteiger partial charge in [-0.3, -0.25) is 0 Å². The molecular weight excluding hydrogens is 252 g/mol. The summed E-state index contributed by atoms with van der Waals surface area (Å²) < 4.78 is -0.0491. The molecule has 1 rings (SSSR count). The van der Waals surface area contributed by atoms with E-state index in [2.05, 4.69) is 10.6 Å². The van der Waals surface area contributed by atoms with Crippen LogP contribution in [0.2, 0.25) is 0 Å². The van der Waals surface area contributed by atoms with Crippen molar-refractivity contribution in [2.24, 2.45) is 5.92 Å². The van der Waals surface area contributed by atoms with Gasteiger partial charge in [0.05, 0.1) is 0 Å². The molecular formula is C12H22N2O3S. The summed E-state index contributed by atoms with van der Waals surface area (Å²) in [4.78, 5) is 22.6. The number of aliphatic carboxylic acids is 1. The van der Waals surface area contributed by atoms with Gasteiger partial charge in [0.15, 0.2) is 0 Å². The van der Waals surface area contributed by atoms with Crippen molar-refractivity contribution in [3.05, 3.63) is 0 Å². The highest BCUT2D eigenvalue weighted by Gasteiger charge is 2.30. The molecule has 0 saturated heterocycles. The predicted molar refractivity (Wildman–Crippen MR) is 72.9 cm³/mol. The van der Waals surface area contributed by atoms with Gasteiger partial charge in [-0.15, -0.1) is 0 Å². The van der Waals surface area contributed by atoms with Gasteiger partial charge in [-0.2, -0.15) is 11.8 Å². The minimum atomic E-state index is -0.957. The van der Waals surface area contributed by atoms with Crippen LogP contribution >= 0.6 is 11.8 Å². The number of amides is 2. The van der Waals surface area contributed by atoms with Crippen LogP contribution < -0.4 is 10.6 Å². The van der Waals surface area contributed by atoms with E-state index < -0.39 is 18.0 Å². The van der Waals surface area contributed by atoms with E-state index in [0.29, 0.717) is 18.9 Å². The zero-order valence-corrected chi connectivity index (χ0v) is 12.0. The van der Waals surface area contributed by atoms with Gasteiger partial charge >= 0.3 is 12.0 Å². The third-order valence-electron chi connectivity index (χ3n) is 3.10. The fourth-order valence-corrected chi connectivity index (χ4v) is 1.70. The molecule has 0 spiro atoms. The van der Waals surface area contributed by atoms with Gasteiger partial charge in [0.1, 0.15) is 6.04 Å². The molecule has 0 radical (unpaired) electrons. The van der Waals surface area contributed by atoms with Crippen LogP contribution in [0.25, 0.3) is 0 Å². The van der Waals surface area contributed by atoms with Gasteiger partial charge in [-0.25, -0.2) is 9.59 Å². The number of rotatable bonds is 7. The molecule has 1 aliphatic rings. The minimum Gasteiger partial charge on any atom is -0.480 e. The first kappa shape index (κ1) is 15.1. The first-order valence-electron chi connectivity index (χ1n) is 6.16. The number of thioether (sulfide) groups is 1. The number of urea groups is 1. The molecule has 0 bridgehead atoms. The van der Waals surface area contributed by atoms with Crippen molar-refractivity contribution < 1.29 is 14.7 Å².